The maximum absolute atomic E-state index is 9.98. The summed E-state index contributed by atoms with van der Waals surface area (Å²) in [6.07, 6.45) is 3.64. The molecule has 0 radical (unpaired) electrons. The molecule has 0 bridgehead atoms. The standard InChI is InChI=1S/C18H29N3O2S/c1-4-19-18(21-14-6-8-16(11-14)24-5-2)20-12-13-10-15(23-3)7-9-17(13)22/h7,9-10,14,16,22H,4-6,8,11-12H2,1-3H3,(H2,19,20,21). The molecule has 1 fully saturated rings. The molecular weight excluding hydrogens is 322 g/mol. The van der Waals surface area contributed by atoms with E-state index >= 15 is 0 Å². The van der Waals surface area contributed by atoms with Gasteiger partial charge in [-0.15, -0.1) is 0 Å². The smallest absolute Gasteiger partial charge is 0.191 e. The van der Waals surface area contributed by atoms with Crippen LogP contribution < -0.4 is 15.4 Å². The first kappa shape index (κ1) is 18.8. The second kappa shape index (κ2) is 9.67. The lowest BCUT2D eigenvalue weighted by Crippen LogP contribution is -2.42. The summed E-state index contributed by atoms with van der Waals surface area (Å²) in [7, 11) is 1.62. The van der Waals surface area contributed by atoms with Gasteiger partial charge in [0.1, 0.15) is 11.5 Å². The van der Waals surface area contributed by atoms with Gasteiger partial charge in [0, 0.05) is 23.4 Å². The van der Waals surface area contributed by atoms with Crippen LogP contribution >= 0.6 is 11.8 Å². The quantitative estimate of drug-likeness (QED) is 0.520. The number of ether oxygens (including phenoxy) is 1. The van der Waals surface area contributed by atoms with Crippen molar-refractivity contribution in [2.24, 2.45) is 4.99 Å². The average Bonchev–Trinajstić information content (AvgIpc) is 3.01. The Labute approximate surface area is 149 Å². The van der Waals surface area contributed by atoms with Crippen molar-refractivity contribution in [1.82, 2.24) is 10.6 Å². The van der Waals surface area contributed by atoms with Gasteiger partial charge in [0.2, 0.25) is 0 Å². The van der Waals surface area contributed by atoms with Crippen molar-refractivity contribution in [2.75, 3.05) is 19.4 Å². The zero-order chi connectivity index (χ0) is 17.4. The predicted octanol–water partition coefficient (Wildman–Crippen LogP) is 3.13. The van der Waals surface area contributed by atoms with Gasteiger partial charge in [-0.3, -0.25) is 0 Å². The highest BCUT2D eigenvalue weighted by Crippen LogP contribution is 2.29. The molecule has 1 aliphatic rings. The van der Waals surface area contributed by atoms with Crippen LogP contribution in [0.2, 0.25) is 0 Å². The van der Waals surface area contributed by atoms with Crippen LogP contribution in [0.4, 0.5) is 0 Å². The Bertz CT molecular complexity index is 551. The molecule has 1 aliphatic carbocycles. The van der Waals surface area contributed by atoms with Gasteiger partial charge in [0.15, 0.2) is 5.96 Å². The van der Waals surface area contributed by atoms with Crippen LogP contribution in [0, 0.1) is 0 Å². The monoisotopic (exact) mass is 351 g/mol. The summed E-state index contributed by atoms with van der Waals surface area (Å²) in [6.45, 7) is 5.51. The summed E-state index contributed by atoms with van der Waals surface area (Å²) in [6, 6.07) is 5.70. The number of hydrogen-bond donors (Lipinski definition) is 3. The topological polar surface area (TPSA) is 65.9 Å². The second-order valence-electron chi connectivity index (χ2n) is 5.92. The molecule has 134 valence electrons. The summed E-state index contributed by atoms with van der Waals surface area (Å²) in [5.41, 5.74) is 0.761. The lowest BCUT2D eigenvalue weighted by Gasteiger charge is -2.17. The van der Waals surface area contributed by atoms with E-state index in [1.807, 2.05) is 6.07 Å². The van der Waals surface area contributed by atoms with Gasteiger partial charge < -0.3 is 20.5 Å². The van der Waals surface area contributed by atoms with E-state index in [1.54, 1.807) is 19.2 Å². The molecule has 2 rings (SSSR count). The van der Waals surface area contributed by atoms with E-state index in [0.29, 0.717) is 12.6 Å². The van der Waals surface area contributed by atoms with Gasteiger partial charge in [-0.25, -0.2) is 4.99 Å². The highest BCUT2D eigenvalue weighted by molar-refractivity contribution is 7.99. The largest absolute Gasteiger partial charge is 0.508 e. The van der Waals surface area contributed by atoms with Gasteiger partial charge >= 0.3 is 0 Å². The van der Waals surface area contributed by atoms with Gasteiger partial charge in [-0.05, 0) is 50.1 Å². The Balaban J connectivity index is 1.98. The van der Waals surface area contributed by atoms with E-state index in [9.17, 15) is 5.11 Å². The average molecular weight is 352 g/mol. The normalized spacial score (nSPS) is 20.9. The summed E-state index contributed by atoms with van der Waals surface area (Å²) < 4.78 is 5.21. The van der Waals surface area contributed by atoms with Gasteiger partial charge in [0.05, 0.1) is 13.7 Å². The molecule has 1 aromatic rings. The Morgan fingerprint density at radius 2 is 2.21 bits per heavy atom. The van der Waals surface area contributed by atoms with Crippen molar-refractivity contribution in [2.45, 2.75) is 50.9 Å². The van der Waals surface area contributed by atoms with Crippen LogP contribution in [0.1, 0.15) is 38.7 Å². The molecule has 5 nitrogen and oxygen atoms in total. The first-order chi connectivity index (χ1) is 11.7. The first-order valence-electron chi connectivity index (χ1n) is 8.68. The van der Waals surface area contributed by atoms with Crippen LogP contribution in [-0.4, -0.2) is 41.8 Å². The number of thioether (sulfide) groups is 1. The lowest BCUT2D eigenvalue weighted by molar-refractivity contribution is 0.411. The zero-order valence-electron chi connectivity index (χ0n) is 14.8. The third kappa shape index (κ3) is 5.51. The second-order valence-corrected chi connectivity index (χ2v) is 7.50. The number of phenolic OH excluding ortho intramolecular Hbond substituents is 1. The van der Waals surface area contributed by atoms with Crippen molar-refractivity contribution in [3.05, 3.63) is 23.8 Å². The van der Waals surface area contributed by atoms with Crippen LogP contribution in [0.15, 0.2) is 23.2 Å². The Kier molecular flexibility index (Phi) is 7.56. The molecule has 0 spiro atoms. The van der Waals surface area contributed by atoms with Gasteiger partial charge in [-0.2, -0.15) is 11.8 Å². The molecule has 0 saturated heterocycles. The van der Waals surface area contributed by atoms with Crippen molar-refractivity contribution in [1.29, 1.82) is 0 Å². The van der Waals surface area contributed by atoms with Crippen molar-refractivity contribution in [3.63, 3.8) is 0 Å². The van der Waals surface area contributed by atoms with E-state index in [-0.39, 0.29) is 5.75 Å². The number of aliphatic imine (C=N–C) groups is 1. The first-order valence-corrected chi connectivity index (χ1v) is 9.73. The molecular formula is C18H29N3O2S. The molecule has 2 atom stereocenters. The molecule has 3 N–H and O–H groups in total. The summed E-state index contributed by atoms with van der Waals surface area (Å²) in [5, 5.41) is 17.6. The number of nitrogens with zero attached hydrogens (tertiary/aromatic N) is 1. The van der Waals surface area contributed by atoms with Gasteiger partial charge in [0.25, 0.3) is 0 Å². The molecule has 24 heavy (non-hydrogen) atoms. The maximum atomic E-state index is 9.98. The maximum Gasteiger partial charge on any atom is 0.191 e. The minimum Gasteiger partial charge on any atom is -0.508 e. The fourth-order valence-electron chi connectivity index (χ4n) is 2.95. The van der Waals surface area contributed by atoms with E-state index in [0.717, 1.165) is 29.1 Å². The number of guanidine groups is 1. The number of phenols is 1. The molecule has 0 aromatic heterocycles. The molecule has 0 heterocycles. The van der Waals surface area contributed by atoms with Crippen molar-refractivity contribution >= 4 is 17.7 Å². The fraction of sp³-hybridized carbons (Fsp3) is 0.611. The van der Waals surface area contributed by atoms with Crippen LogP contribution in [0.5, 0.6) is 11.5 Å². The third-order valence-electron chi connectivity index (χ3n) is 4.17. The van der Waals surface area contributed by atoms with Crippen LogP contribution in [0.25, 0.3) is 0 Å². The van der Waals surface area contributed by atoms with E-state index < -0.39 is 0 Å². The molecule has 0 amide bonds. The molecule has 0 aliphatic heterocycles. The van der Waals surface area contributed by atoms with E-state index in [4.69, 9.17) is 4.74 Å². The number of methoxy groups -OCH3 is 1. The minimum atomic E-state index is 0.246. The Morgan fingerprint density at radius 3 is 2.92 bits per heavy atom. The third-order valence-corrected chi connectivity index (χ3v) is 5.40. The predicted molar refractivity (Wildman–Crippen MR) is 102 cm³/mol. The zero-order valence-corrected chi connectivity index (χ0v) is 15.7. The molecule has 6 heteroatoms. The van der Waals surface area contributed by atoms with Crippen LogP contribution in [-0.2, 0) is 6.54 Å². The highest BCUT2D eigenvalue weighted by atomic mass is 32.2. The minimum absolute atomic E-state index is 0.246. The van der Waals surface area contributed by atoms with Gasteiger partial charge in [-0.1, -0.05) is 6.92 Å². The van der Waals surface area contributed by atoms with Crippen LogP contribution in [0.3, 0.4) is 0 Å². The Morgan fingerprint density at radius 1 is 1.38 bits per heavy atom. The fourth-order valence-corrected chi connectivity index (χ4v) is 4.09. The Hall–Kier alpha value is -1.56. The summed E-state index contributed by atoms with van der Waals surface area (Å²) in [5.74, 6) is 2.97. The molecule has 2 unspecified atom stereocenters. The number of aromatic hydroxyl groups is 1. The summed E-state index contributed by atoms with van der Waals surface area (Å²) >= 11 is 2.05. The van der Waals surface area contributed by atoms with E-state index in [1.165, 1.54) is 25.0 Å². The molecule has 1 saturated carbocycles. The lowest BCUT2D eigenvalue weighted by atomic mass is 10.2. The van der Waals surface area contributed by atoms with E-state index in [2.05, 4.69) is 41.2 Å². The highest BCUT2D eigenvalue weighted by Gasteiger charge is 2.25. The number of nitrogens with one attached hydrogen (secondary N) is 2. The number of rotatable bonds is 7. The van der Waals surface area contributed by atoms with Crippen molar-refractivity contribution < 1.29 is 9.84 Å². The summed E-state index contributed by atoms with van der Waals surface area (Å²) in [4.78, 5) is 4.63. The van der Waals surface area contributed by atoms with Crippen molar-refractivity contribution in [3.8, 4) is 11.5 Å². The SMILES string of the molecule is CCNC(=NCc1cc(OC)ccc1O)NC1CCC(SCC)C1. The number of benzene rings is 1. The molecule has 1 aromatic carbocycles. The number of hydrogen-bond acceptors (Lipinski definition) is 4.